The van der Waals surface area contributed by atoms with Crippen LogP contribution in [0.3, 0.4) is 0 Å². The molecule has 2 rings (SSSR count). The number of hydrogen-bond donors (Lipinski definition) is 2. The highest BCUT2D eigenvalue weighted by atomic mass is 16.2. The quantitative estimate of drug-likeness (QED) is 0.580. The van der Waals surface area contributed by atoms with Crippen LogP contribution in [0.15, 0.2) is 6.33 Å². The van der Waals surface area contributed by atoms with Crippen molar-refractivity contribution in [2.24, 2.45) is 5.73 Å². The molecule has 70 valence electrons. The molecule has 0 bridgehead atoms. The van der Waals surface area contributed by atoms with E-state index >= 15 is 0 Å². The lowest BCUT2D eigenvalue weighted by molar-refractivity contribution is 0.0779. The summed E-state index contributed by atoms with van der Waals surface area (Å²) in [6.45, 7) is 1.31. The minimum atomic E-state index is -0.144. The number of aromatic amines is 1. The van der Waals surface area contributed by atoms with E-state index in [0.29, 0.717) is 13.1 Å². The highest BCUT2D eigenvalue weighted by Gasteiger charge is 2.26. The van der Waals surface area contributed by atoms with E-state index in [4.69, 9.17) is 5.73 Å². The van der Waals surface area contributed by atoms with Gasteiger partial charge in [-0.1, -0.05) is 0 Å². The van der Waals surface area contributed by atoms with Crippen LogP contribution >= 0.6 is 0 Å². The Kier molecular flexibility index (Phi) is 1.97. The van der Waals surface area contributed by atoms with E-state index < -0.39 is 0 Å². The number of carbonyl (C=O) groups excluding carboxylic acids is 1. The van der Waals surface area contributed by atoms with Crippen LogP contribution in [-0.4, -0.2) is 45.1 Å². The zero-order chi connectivity index (χ0) is 9.26. The van der Waals surface area contributed by atoms with Gasteiger partial charge in [0.2, 0.25) is 5.82 Å². The predicted octanol–water partition coefficient (Wildman–Crippen LogP) is -1.02. The summed E-state index contributed by atoms with van der Waals surface area (Å²) >= 11 is 0. The third-order valence-electron chi connectivity index (χ3n) is 2.12. The molecule has 0 saturated carbocycles. The molecule has 0 aliphatic carbocycles. The van der Waals surface area contributed by atoms with Crippen molar-refractivity contribution in [2.75, 3.05) is 13.1 Å². The number of nitrogens with one attached hydrogen (secondary N) is 1. The van der Waals surface area contributed by atoms with Gasteiger partial charge in [0.15, 0.2) is 0 Å². The number of likely N-dealkylation sites (tertiary alicyclic amines) is 1. The lowest BCUT2D eigenvalue weighted by Crippen LogP contribution is -2.32. The number of rotatable bonds is 1. The van der Waals surface area contributed by atoms with Crippen LogP contribution in [0.1, 0.15) is 17.0 Å². The zero-order valence-corrected chi connectivity index (χ0v) is 7.10. The van der Waals surface area contributed by atoms with Crippen molar-refractivity contribution in [3.8, 4) is 0 Å². The SMILES string of the molecule is NC1CCN(C(=O)c2nc[nH]n2)C1. The molecule has 1 unspecified atom stereocenters. The Hall–Kier alpha value is -1.43. The molecule has 6 heteroatoms. The van der Waals surface area contributed by atoms with Crippen LogP contribution in [0.5, 0.6) is 0 Å². The van der Waals surface area contributed by atoms with Crippen molar-refractivity contribution < 1.29 is 4.79 Å². The summed E-state index contributed by atoms with van der Waals surface area (Å²) in [6.07, 6.45) is 2.25. The Morgan fingerprint density at radius 2 is 2.62 bits per heavy atom. The average molecular weight is 181 g/mol. The fourth-order valence-electron chi connectivity index (χ4n) is 1.43. The molecule has 0 spiro atoms. The molecule has 1 amide bonds. The second kappa shape index (κ2) is 3.14. The number of H-pyrrole nitrogens is 1. The number of nitrogens with zero attached hydrogens (tertiary/aromatic N) is 3. The summed E-state index contributed by atoms with van der Waals surface area (Å²) < 4.78 is 0. The normalized spacial score (nSPS) is 22.2. The summed E-state index contributed by atoms with van der Waals surface area (Å²) in [5.74, 6) is 0.0725. The second-order valence-electron chi connectivity index (χ2n) is 3.12. The van der Waals surface area contributed by atoms with Crippen LogP contribution in [0.2, 0.25) is 0 Å². The Morgan fingerprint density at radius 1 is 1.77 bits per heavy atom. The Morgan fingerprint density at radius 3 is 3.15 bits per heavy atom. The van der Waals surface area contributed by atoms with Crippen LogP contribution < -0.4 is 5.73 Å². The number of hydrogen-bond acceptors (Lipinski definition) is 4. The van der Waals surface area contributed by atoms with Crippen LogP contribution in [0.25, 0.3) is 0 Å². The van der Waals surface area contributed by atoms with Gasteiger partial charge in [0.1, 0.15) is 6.33 Å². The maximum Gasteiger partial charge on any atom is 0.293 e. The van der Waals surface area contributed by atoms with Gasteiger partial charge < -0.3 is 10.6 Å². The first-order chi connectivity index (χ1) is 6.27. The lowest BCUT2D eigenvalue weighted by atomic mass is 10.3. The van der Waals surface area contributed by atoms with E-state index in [-0.39, 0.29) is 17.8 Å². The predicted molar refractivity (Wildman–Crippen MR) is 44.9 cm³/mol. The summed E-state index contributed by atoms with van der Waals surface area (Å²) in [5.41, 5.74) is 5.67. The van der Waals surface area contributed by atoms with Crippen LogP contribution in [0.4, 0.5) is 0 Å². The molecule has 13 heavy (non-hydrogen) atoms. The van der Waals surface area contributed by atoms with E-state index in [1.807, 2.05) is 0 Å². The Balaban J connectivity index is 2.06. The van der Waals surface area contributed by atoms with Gasteiger partial charge in [-0.25, -0.2) is 4.98 Å². The molecular weight excluding hydrogens is 170 g/mol. The Labute approximate surface area is 75.1 Å². The summed E-state index contributed by atoms with van der Waals surface area (Å²) in [4.78, 5) is 17.0. The first kappa shape index (κ1) is 8.18. The minimum absolute atomic E-state index is 0.0999. The minimum Gasteiger partial charge on any atom is -0.334 e. The van der Waals surface area contributed by atoms with Gasteiger partial charge in [-0.05, 0) is 6.42 Å². The van der Waals surface area contributed by atoms with Crippen molar-refractivity contribution in [1.82, 2.24) is 20.1 Å². The van der Waals surface area contributed by atoms with Crippen molar-refractivity contribution in [3.63, 3.8) is 0 Å². The van der Waals surface area contributed by atoms with Crippen LogP contribution in [0, 0.1) is 0 Å². The monoisotopic (exact) mass is 181 g/mol. The second-order valence-corrected chi connectivity index (χ2v) is 3.12. The molecule has 1 aromatic rings. The molecule has 1 fully saturated rings. The number of amides is 1. The van der Waals surface area contributed by atoms with Gasteiger partial charge in [0.25, 0.3) is 5.91 Å². The standard InChI is InChI=1S/C7H11N5O/c8-5-1-2-12(3-5)7(13)6-9-4-10-11-6/h4-5H,1-3,8H2,(H,9,10,11). The summed E-state index contributed by atoms with van der Waals surface area (Å²) in [6, 6.07) is 0.0999. The Bertz CT molecular complexity index is 296. The van der Waals surface area contributed by atoms with Gasteiger partial charge >= 0.3 is 0 Å². The average Bonchev–Trinajstić information content (AvgIpc) is 2.72. The van der Waals surface area contributed by atoms with Crippen LogP contribution in [-0.2, 0) is 0 Å². The van der Waals surface area contributed by atoms with Crippen molar-refractivity contribution in [2.45, 2.75) is 12.5 Å². The van der Waals surface area contributed by atoms with Gasteiger partial charge in [0.05, 0.1) is 0 Å². The molecule has 1 aliphatic heterocycles. The van der Waals surface area contributed by atoms with E-state index in [1.54, 1.807) is 4.90 Å². The topological polar surface area (TPSA) is 87.9 Å². The number of aromatic nitrogens is 3. The zero-order valence-electron chi connectivity index (χ0n) is 7.10. The maximum atomic E-state index is 11.6. The summed E-state index contributed by atoms with van der Waals surface area (Å²) in [5, 5.41) is 6.22. The van der Waals surface area contributed by atoms with Crippen molar-refractivity contribution >= 4 is 5.91 Å². The van der Waals surface area contributed by atoms with E-state index in [0.717, 1.165) is 6.42 Å². The van der Waals surface area contributed by atoms with Gasteiger partial charge in [-0.2, -0.15) is 0 Å². The highest BCUT2D eigenvalue weighted by Crippen LogP contribution is 2.09. The van der Waals surface area contributed by atoms with Gasteiger partial charge in [-0.3, -0.25) is 9.89 Å². The fraction of sp³-hybridized carbons (Fsp3) is 0.571. The van der Waals surface area contributed by atoms with Gasteiger partial charge in [0, 0.05) is 19.1 Å². The fourth-order valence-corrected chi connectivity index (χ4v) is 1.43. The highest BCUT2D eigenvalue weighted by molar-refractivity contribution is 5.90. The molecule has 6 nitrogen and oxygen atoms in total. The smallest absolute Gasteiger partial charge is 0.293 e. The molecular formula is C7H11N5O. The molecule has 0 aromatic carbocycles. The van der Waals surface area contributed by atoms with E-state index in [2.05, 4.69) is 15.2 Å². The van der Waals surface area contributed by atoms with Crippen molar-refractivity contribution in [3.05, 3.63) is 12.2 Å². The number of carbonyl (C=O) groups is 1. The third kappa shape index (κ3) is 1.52. The van der Waals surface area contributed by atoms with E-state index in [9.17, 15) is 4.79 Å². The molecule has 1 atom stereocenters. The first-order valence-electron chi connectivity index (χ1n) is 4.18. The lowest BCUT2D eigenvalue weighted by Gasteiger charge is -2.12. The molecule has 1 aliphatic rings. The molecule has 2 heterocycles. The molecule has 0 radical (unpaired) electrons. The number of nitrogens with two attached hydrogens (primary N) is 1. The molecule has 3 N–H and O–H groups in total. The molecule has 1 saturated heterocycles. The third-order valence-corrected chi connectivity index (χ3v) is 2.12. The maximum absolute atomic E-state index is 11.6. The summed E-state index contributed by atoms with van der Waals surface area (Å²) in [7, 11) is 0. The first-order valence-corrected chi connectivity index (χ1v) is 4.18. The van der Waals surface area contributed by atoms with E-state index in [1.165, 1.54) is 6.33 Å². The van der Waals surface area contributed by atoms with Crippen molar-refractivity contribution in [1.29, 1.82) is 0 Å². The largest absolute Gasteiger partial charge is 0.334 e. The van der Waals surface area contributed by atoms with Gasteiger partial charge in [-0.15, -0.1) is 5.10 Å². The molecule has 1 aromatic heterocycles.